The number of carbonyl (C=O) groups excluding carboxylic acids is 1. The zero-order chi connectivity index (χ0) is 27.7. The normalized spacial score (nSPS) is 17.0. The molecule has 2 aromatic carbocycles. The van der Waals surface area contributed by atoms with Crippen LogP contribution in [0.2, 0.25) is 0 Å². The molecule has 38 heavy (non-hydrogen) atoms. The fraction of sp³-hybridized carbons (Fsp3) is 0.296. The second-order valence-corrected chi connectivity index (χ2v) is 8.63. The van der Waals surface area contributed by atoms with Gasteiger partial charge in [0.25, 0.3) is 5.91 Å². The van der Waals surface area contributed by atoms with Crippen molar-refractivity contribution in [1.29, 1.82) is 0 Å². The van der Waals surface area contributed by atoms with E-state index in [1.165, 1.54) is 0 Å². The van der Waals surface area contributed by atoms with Crippen molar-refractivity contribution in [2.75, 3.05) is 20.1 Å². The molecular weight excluding hydrogens is 503 g/mol. The largest absolute Gasteiger partial charge is 0.490 e. The van der Waals surface area contributed by atoms with Crippen LogP contribution in [0.4, 0.5) is 13.2 Å². The highest BCUT2D eigenvalue weighted by atomic mass is 19.4. The fourth-order valence-electron chi connectivity index (χ4n) is 3.82. The summed E-state index contributed by atoms with van der Waals surface area (Å²) in [6.45, 7) is 4.04. The Labute approximate surface area is 218 Å². The Morgan fingerprint density at radius 2 is 1.55 bits per heavy atom. The Balaban J connectivity index is 0.000000505. The molecule has 2 unspecified atom stereocenters. The van der Waals surface area contributed by atoms with Gasteiger partial charge in [-0.05, 0) is 67.9 Å². The molecule has 2 atom stereocenters. The summed E-state index contributed by atoms with van der Waals surface area (Å²) in [5.41, 5.74) is 0.562. The molecule has 1 amide bonds. The van der Waals surface area contributed by atoms with Crippen LogP contribution in [0.15, 0.2) is 72.9 Å². The van der Waals surface area contributed by atoms with E-state index in [1.54, 1.807) is 18.3 Å². The molecular formula is C27H28F3N3O5. The van der Waals surface area contributed by atoms with Gasteiger partial charge in [-0.25, -0.2) is 9.78 Å². The number of hydrogen-bond donors (Lipinski definition) is 2. The van der Waals surface area contributed by atoms with Crippen molar-refractivity contribution in [3.05, 3.63) is 78.5 Å². The van der Waals surface area contributed by atoms with Gasteiger partial charge in [0, 0.05) is 25.4 Å². The summed E-state index contributed by atoms with van der Waals surface area (Å²) in [6, 6.07) is 20.7. The molecule has 202 valence electrons. The average molecular weight is 532 g/mol. The topological polar surface area (TPSA) is 101 Å². The van der Waals surface area contributed by atoms with Crippen LogP contribution < -0.4 is 14.8 Å². The second-order valence-electron chi connectivity index (χ2n) is 8.63. The van der Waals surface area contributed by atoms with Gasteiger partial charge < -0.3 is 24.8 Å². The highest BCUT2D eigenvalue weighted by molar-refractivity contribution is 5.94. The first-order valence-electron chi connectivity index (χ1n) is 11.8. The van der Waals surface area contributed by atoms with Gasteiger partial charge >= 0.3 is 12.1 Å². The second kappa shape index (κ2) is 12.9. The van der Waals surface area contributed by atoms with Crippen LogP contribution in [-0.2, 0) is 4.79 Å². The number of alkyl halides is 3. The number of halogens is 3. The van der Waals surface area contributed by atoms with E-state index >= 15 is 0 Å². The summed E-state index contributed by atoms with van der Waals surface area (Å²) in [6.07, 6.45) is -2.55. The molecule has 0 aliphatic carbocycles. The summed E-state index contributed by atoms with van der Waals surface area (Å²) in [5.74, 6) is 0.239. The van der Waals surface area contributed by atoms with Crippen molar-refractivity contribution < 1.29 is 37.3 Å². The van der Waals surface area contributed by atoms with Crippen LogP contribution in [0.25, 0.3) is 0 Å². The van der Waals surface area contributed by atoms with Gasteiger partial charge in [0.05, 0.1) is 5.56 Å². The lowest BCUT2D eigenvalue weighted by molar-refractivity contribution is -0.192. The van der Waals surface area contributed by atoms with E-state index in [1.807, 2.05) is 66.5 Å². The van der Waals surface area contributed by atoms with Crippen molar-refractivity contribution in [3.63, 3.8) is 0 Å². The Hall–Kier alpha value is -4.12. The van der Waals surface area contributed by atoms with Crippen LogP contribution in [0.5, 0.6) is 23.1 Å². The molecule has 1 aliphatic heterocycles. The van der Waals surface area contributed by atoms with Crippen molar-refractivity contribution in [1.82, 2.24) is 15.2 Å². The first-order chi connectivity index (χ1) is 18.0. The number of aliphatic carboxylic acids is 1. The quantitative estimate of drug-likeness (QED) is 0.441. The van der Waals surface area contributed by atoms with E-state index in [-0.39, 0.29) is 11.9 Å². The number of carboxylic acid groups (broad SMARTS) is 1. The lowest BCUT2D eigenvalue weighted by Gasteiger charge is -2.36. The minimum Gasteiger partial charge on any atom is -0.475 e. The third-order valence-corrected chi connectivity index (χ3v) is 5.81. The minimum atomic E-state index is -5.08. The monoisotopic (exact) mass is 531 g/mol. The zero-order valence-electron chi connectivity index (χ0n) is 20.8. The van der Waals surface area contributed by atoms with Gasteiger partial charge in [-0.1, -0.05) is 25.1 Å². The number of amides is 1. The lowest BCUT2D eigenvalue weighted by atomic mass is 9.93. The molecule has 1 aliphatic rings. The van der Waals surface area contributed by atoms with E-state index in [9.17, 15) is 18.0 Å². The number of carboxylic acids is 1. The molecule has 0 saturated carbocycles. The number of aromatic nitrogens is 1. The maximum atomic E-state index is 12.9. The molecule has 0 radical (unpaired) electrons. The molecule has 3 aromatic rings. The summed E-state index contributed by atoms with van der Waals surface area (Å²) >= 11 is 0. The minimum absolute atomic E-state index is 0.0137. The molecule has 8 nitrogen and oxygen atoms in total. The predicted octanol–water partition coefficient (Wildman–Crippen LogP) is 5.37. The molecule has 1 aromatic heterocycles. The van der Waals surface area contributed by atoms with E-state index in [4.69, 9.17) is 19.4 Å². The molecule has 1 fully saturated rings. The first-order valence-corrected chi connectivity index (χ1v) is 11.8. The van der Waals surface area contributed by atoms with Crippen molar-refractivity contribution in [3.8, 4) is 23.1 Å². The van der Waals surface area contributed by atoms with Crippen LogP contribution in [0.1, 0.15) is 23.7 Å². The van der Waals surface area contributed by atoms with Crippen LogP contribution >= 0.6 is 0 Å². The number of nitrogens with one attached hydrogen (secondary N) is 1. The summed E-state index contributed by atoms with van der Waals surface area (Å²) in [5, 5.41) is 10.5. The summed E-state index contributed by atoms with van der Waals surface area (Å²) in [7, 11) is 1.87. The first kappa shape index (κ1) is 28.5. The number of para-hydroxylation sites is 1. The lowest BCUT2D eigenvalue weighted by Crippen LogP contribution is -2.49. The Morgan fingerprint density at radius 1 is 0.974 bits per heavy atom. The molecule has 11 heteroatoms. The number of nitrogens with zero attached hydrogens (tertiary/aromatic N) is 2. The van der Waals surface area contributed by atoms with E-state index in [0.29, 0.717) is 23.1 Å². The van der Waals surface area contributed by atoms with Gasteiger partial charge in [0.15, 0.2) is 0 Å². The van der Waals surface area contributed by atoms with E-state index in [0.717, 1.165) is 31.0 Å². The maximum Gasteiger partial charge on any atom is 0.490 e. The van der Waals surface area contributed by atoms with Crippen LogP contribution in [-0.4, -0.2) is 59.2 Å². The number of benzene rings is 2. The summed E-state index contributed by atoms with van der Waals surface area (Å²) < 4.78 is 43.3. The summed E-state index contributed by atoms with van der Waals surface area (Å²) in [4.78, 5) is 27.9. The number of ether oxygens (including phenoxy) is 2. The SMILES string of the molecule is CC1CNCCC1N(C)C(=O)c1ccc(Oc2ccc(Oc3ccccc3)cc2)nc1.O=C(O)C(F)(F)F. The Bertz CT molecular complexity index is 1190. The van der Waals surface area contributed by atoms with Gasteiger partial charge in [0.2, 0.25) is 5.88 Å². The molecule has 1 saturated heterocycles. The molecule has 4 rings (SSSR count). The number of piperidine rings is 1. The highest BCUT2D eigenvalue weighted by Gasteiger charge is 2.38. The predicted molar refractivity (Wildman–Crippen MR) is 133 cm³/mol. The van der Waals surface area contributed by atoms with Crippen LogP contribution in [0, 0.1) is 5.92 Å². The maximum absolute atomic E-state index is 12.9. The third kappa shape index (κ3) is 8.20. The Morgan fingerprint density at radius 3 is 2.08 bits per heavy atom. The van der Waals surface area contributed by atoms with Crippen molar-refractivity contribution in [2.24, 2.45) is 5.92 Å². The highest BCUT2D eigenvalue weighted by Crippen LogP contribution is 2.26. The smallest absolute Gasteiger partial charge is 0.475 e. The number of pyridine rings is 1. The number of hydrogen-bond acceptors (Lipinski definition) is 6. The fourth-order valence-corrected chi connectivity index (χ4v) is 3.82. The molecule has 2 N–H and O–H groups in total. The number of carbonyl (C=O) groups is 2. The van der Waals surface area contributed by atoms with E-state index in [2.05, 4.69) is 17.2 Å². The van der Waals surface area contributed by atoms with Crippen molar-refractivity contribution in [2.45, 2.75) is 25.6 Å². The molecule has 0 spiro atoms. The third-order valence-electron chi connectivity index (χ3n) is 5.81. The van der Waals surface area contributed by atoms with Crippen LogP contribution in [0.3, 0.4) is 0 Å². The van der Waals surface area contributed by atoms with Gasteiger partial charge in [-0.15, -0.1) is 0 Å². The molecule has 0 bridgehead atoms. The number of rotatable bonds is 6. The Kier molecular flexibility index (Phi) is 9.66. The zero-order valence-corrected chi connectivity index (χ0v) is 20.8. The van der Waals surface area contributed by atoms with Crippen molar-refractivity contribution >= 4 is 11.9 Å². The van der Waals surface area contributed by atoms with Gasteiger partial charge in [-0.2, -0.15) is 13.2 Å². The van der Waals surface area contributed by atoms with Gasteiger partial charge in [-0.3, -0.25) is 4.79 Å². The standard InChI is InChI=1S/C25H27N3O3.C2HF3O2/c1-18-16-26-15-14-23(18)28(2)25(29)19-8-13-24(27-17-19)31-22-11-9-21(10-12-22)30-20-6-4-3-5-7-20;3-2(4,5)1(6)7/h3-13,17-18,23,26H,14-16H2,1-2H3;(H,6,7). The molecule has 2 heterocycles. The average Bonchev–Trinajstić information content (AvgIpc) is 2.90. The van der Waals surface area contributed by atoms with E-state index < -0.39 is 12.1 Å². The van der Waals surface area contributed by atoms with Gasteiger partial charge in [0.1, 0.15) is 17.2 Å².